The Hall–Kier alpha value is -1.35. The Morgan fingerprint density at radius 1 is 1.58 bits per heavy atom. The fourth-order valence-corrected chi connectivity index (χ4v) is 0.835. The van der Waals surface area contributed by atoms with E-state index in [9.17, 15) is 0 Å². The van der Waals surface area contributed by atoms with E-state index >= 15 is 0 Å². The van der Waals surface area contributed by atoms with Crippen molar-refractivity contribution in [1.82, 2.24) is 4.98 Å². The third-order valence-electron chi connectivity index (χ3n) is 1.39. The highest BCUT2D eigenvalue weighted by Gasteiger charge is 1.87. The number of rotatable bonds is 3. The van der Waals surface area contributed by atoms with Gasteiger partial charge in [-0.15, -0.1) is 0 Å². The van der Waals surface area contributed by atoms with Crippen LogP contribution in [-0.4, -0.2) is 16.7 Å². The summed E-state index contributed by atoms with van der Waals surface area (Å²) in [6, 6.07) is 3.53. The summed E-state index contributed by atoms with van der Waals surface area (Å²) in [5, 5.41) is 8.50. The van der Waals surface area contributed by atoms with Crippen LogP contribution in [-0.2, 0) is 0 Å². The van der Waals surface area contributed by atoms with Crippen LogP contribution in [0.2, 0.25) is 0 Å². The fraction of sp³-hybridized carbons (Fsp3) is 0.222. The third-order valence-corrected chi connectivity index (χ3v) is 1.39. The number of nitrogens with two attached hydrogens (primary N) is 1. The lowest BCUT2D eigenvalue weighted by Gasteiger charge is -1.93. The number of nitrogen functional groups attached to an aromatic ring is 1. The van der Waals surface area contributed by atoms with Gasteiger partial charge in [-0.2, -0.15) is 0 Å². The minimum atomic E-state index is 0.165. The zero-order valence-corrected chi connectivity index (χ0v) is 6.77. The number of aromatic nitrogens is 1. The predicted molar refractivity (Wildman–Crippen MR) is 49.4 cm³/mol. The van der Waals surface area contributed by atoms with E-state index in [0.29, 0.717) is 12.1 Å². The average Bonchev–Trinajstić information content (AvgIpc) is 2.05. The van der Waals surface area contributed by atoms with Crippen LogP contribution in [0.3, 0.4) is 0 Å². The molecule has 0 unspecified atom stereocenters. The molecule has 0 amide bonds. The van der Waals surface area contributed by atoms with Gasteiger partial charge >= 0.3 is 0 Å². The van der Waals surface area contributed by atoms with E-state index in [1.807, 2.05) is 12.2 Å². The van der Waals surface area contributed by atoms with E-state index in [4.69, 9.17) is 10.8 Å². The maximum absolute atomic E-state index is 8.50. The monoisotopic (exact) mass is 164 g/mol. The fourth-order valence-electron chi connectivity index (χ4n) is 0.835. The SMILES string of the molecule is Nc1ccnc(C=CCCO)c1. The average molecular weight is 164 g/mol. The van der Waals surface area contributed by atoms with E-state index in [0.717, 1.165) is 5.69 Å². The molecule has 1 aromatic rings. The summed E-state index contributed by atoms with van der Waals surface area (Å²) in [5.41, 5.74) is 7.06. The Bertz CT molecular complexity index is 271. The lowest BCUT2D eigenvalue weighted by Crippen LogP contribution is -1.87. The largest absolute Gasteiger partial charge is 0.399 e. The van der Waals surface area contributed by atoms with Crippen LogP contribution in [0.5, 0.6) is 0 Å². The van der Waals surface area contributed by atoms with Gasteiger partial charge in [0, 0.05) is 18.5 Å². The van der Waals surface area contributed by atoms with Crippen LogP contribution >= 0.6 is 0 Å². The van der Waals surface area contributed by atoms with Gasteiger partial charge in [-0.25, -0.2) is 0 Å². The van der Waals surface area contributed by atoms with Gasteiger partial charge < -0.3 is 10.8 Å². The maximum Gasteiger partial charge on any atom is 0.0646 e. The lowest BCUT2D eigenvalue weighted by atomic mass is 10.3. The van der Waals surface area contributed by atoms with Crippen LogP contribution < -0.4 is 5.73 Å². The van der Waals surface area contributed by atoms with Crippen LogP contribution in [0.1, 0.15) is 12.1 Å². The van der Waals surface area contributed by atoms with Gasteiger partial charge in [0.05, 0.1) is 5.69 Å². The Morgan fingerprint density at radius 3 is 3.08 bits per heavy atom. The zero-order chi connectivity index (χ0) is 8.81. The molecule has 12 heavy (non-hydrogen) atoms. The number of hydrogen-bond donors (Lipinski definition) is 2. The molecular formula is C9H12N2O. The number of anilines is 1. The molecule has 0 aliphatic carbocycles. The molecule has 0 spiro atoms. The summed E-state index contributed by atoms with van der Waals surface area (Å²) in [4.78, 5) is 4.06. The molecule has 0 aliphatic heterocycles. The minimum absolute atomic E-state index is 0.165. The first-order valence-corrected chi connectivity index (χ1v) is 3.82. The Balaban J connectivity index is 2.63. The first kappa shape index (κ1) is 8.74. The second kappa shape index (κ2) is 4.51. The lowest BCUT2D eigenvalue weighted by molar-refractivity contribution is 0.303. The van der Waals surface area contributed by atoms with E-state index in [1.54, 1.807) is 18.3 Å². The van der Waals surface area contributed by atoms with Crippen molar-refractivity contribution in [2.24, 2.45) is 0 Å². The molecule has 3 nitrogen and oxygen atoms in total. The standard InChI is InChI=1S/C9H12N2O/c10-8-4-5-11-9(7-8)3-1-2-6-12/h1,3-5,7,12H,2,6H2,(H2,10,11). The van der Waals surface area contributed by atoms with Crippen LogP contribution in [0.15, 0.2) is 24.4 Å². The third kappa shape index (κ3) is 2.72. The van der Waals surface area contributed by atoms with E-state index < -0.39 is 0 Å². The molecule has 3 heteroatoms. The smallest absolute Gasteiger partial charge is 0.0646 e. The topological polar surface area (TPSA) is 59.1 Å². The Morgan fingerprint density at radius 2 is 2.42 bits per heavy atom. The molecule has 0 atom stereocenters. The number of hydrogen-bond acceptors (Lipinski definition) is 3. The van der Waals surface area contributed by atoms with E-state index in [2.05, 4.69) is 4.98 Å². The van der Waals surface area contributed by atoms with Crippen LogP contribution in [0.25, 0.3) is 6.08 Å². The quantitative estimate of drug-likeness (QED) is 0.702. The minimum Gasteiger partial charge on any atom is -0.399 e. The van der Waals surface area contributed by atoms with Gasteiger partial charge in [-0.3, -0.25) is 4.98 Å². The molecule has 3 N–H and O–H groups in total. The molecule has 0 aromatic carbocycles. The van der Waals surface area contributed by atoms with Gasteiger partial charge in [-0.1, -0.05) is 6.08 Å². The van der Waals surface area contributed by atoms with Crippen molar-refractivity contribution in [2.45, 2.75) is 6.42 Å². The first-order valence-electron chi connectivity index (χ1n) is 3.82. The number of pyridine rings is 1. The molecule has 0 bridgehead atoms. The molecule has 0 radical (unpaired) electrons. The zero-order valence-electron chi connectivity index (χ0n) is 6.77. The van der Waals surface area contributed by atoms with Gasteiger partial charge in [0.1, 0.15) is 0 Å². The number of aliphatic hydroxyl groups is 1. The summed E-state index contributed by atoms with van der Waals surface area (Å²) in [5.74, 6) is 0. The molecule has 1 aromatic heterocycles. The molecule has 0 fully saturated rings. The highest BCUT2D eigenvalue weighted by molar-refractivity contribution is 5.50. The van der Waals surface area contributed by atoms with Crippen LogP contribution in [0, 0.1) is 0 Å². The molecule has 0 saturated heterocycles. The highest BCUT2D eigenvalue weighted by Crippen LogP contribution is 2.04. The summed E-state index contributed by atoms with van der Waals surface area (Å²) in [7, 11) is 0. The van der Waals surface area contributed by atoms with Crippen molar-refractivity contribution in [3.05, 3.63) is 30.1 Å². The van der Waals surface area contributed by atoms with Crippen molar-refractivity contribution >= 4 is 11.8 Å². The van der Waals surface area contributed by atoms with Crippen molar-refractivity contribution in [2.75, 3.05) is 12.3 Å². The second-order valence-corrected chi connectivity index (χ2v) is 2.43. The Labute approximate surface area is 71.6 Å². The molecular weight excluding hydrogens is 152 g/mol. The Kier molecular flexibility index (Phi) is 3.29. The summed E-state index contributed by atoms with van der Waals surface area (Å²) >= 11 is 0. The first-order chi connectivity index (χ1) is 5.83. The number of nitrogens with zero attached hydrogens (tertiary/aromatic N) is 1. The van der Waals surface area contributed by atoms with Crippen molar-refractivity contribution < 1.29 is 5.11 Å². The normalized spacial score (nSPS) is 10.8. The molecule has 0 saturated carbocycles. The summed E-state index contributed by atoms with van der Waals surface area (Å²) in [6.07, 6.45) is 6.01. The molecule has 1 heterocycles. The number of aliphatic hydroxyl groups excluding tert-OH is 1. The molecule has 1 rings (SSSR count). The van der Waals surface area contributed by atoms with Gasteiger partial charge in [-0.05, 0) is 24.6 Å². The molecule has 64 valence electrons. The van der Waals surface area contributed by atoms with Crippen molar-refractivity contribution in [3.63, 3.8) is 0 Å². The van der Waals surface area contributed by atoms with Crippen LogP contribution in [0.4, 0.5) is 5.69 Å². The van der Waals surface area contributed by atoms with Crippen molar-refractivity contribution in [1.29, 1.82) is 0 Å². The molecule has 0 aliphatic rings. The van der Waals surface area contributed by atoms with Gasteiger partial charge in [0.25, 0.3) is 0 Å². The summed E-state index contributed by atoms with van der Waals surface area (Å²) in [6.45, 7) is 0.165. The van der Waals surface area contributed by atoms with Gasteiger partial charge in [0.2, 0.25) is 0 Å². The van der Waals surface area contributed by atoms with E-state index in [1.165, 1.54) is 0 Å². The summed E-state index contributed by atoms with van der Waals surface area (Å²) < 4.78 is 0. The maximum atomic E-state index is 8.50. The van der Waals surface area contributed by atoms with E-state index in [-0.39, 0.29) is 6.61 Å². The second-order valence-electron chi connectivity index (χ2n) is 2.43. The predicted octanol–water partition coefficient (Wildman–Crippen LogP) is 1.06. The van der Waals surface area contributed by atoms with Gasteiger partial charge in [0.15, 0.2) is 0 Å². The highest BCUT2D eigenvalue weighted by atomic mass is 16.2. The van der Waals surface area contributed by atoms with Crippen molar-refractivity contribution in [3.8, 4) is 0 Å².